The van der Waals surface area contributed by atoms with Crippen LogP contribution in [0.4, 0.5) is 0 Å². The molecule has 0 aliphatic carbocycles. The van der Waals surface area contributed by atoms with Crippen LogP contribution in [0.3, 0.4) is 0 Å². The predicted molar refractivity (Wildman–Crippen MR) is 61.7 cm³/mol. The molecule has 0 aliphatic rings. The molecule has 0 spiro atoms. The Morgan fingerprint density at radius 1 is 1.13 bits per heavy atom. The molecule has 12 heteroatoms. The molecule has 0 rings (SSSR count). The molecule has 0 aliphatic heterocycles. The van der Waals surface area contributed by atoms with Crippen LogP contribution in [0.5, 0.6) is 0 Å². The zero-order valence-electron chi connectivity index (χ0n) is 13.6. The summed E-state index contributed by atoms with van der Waals surface area (Å²) in [5, 5.41) is 21.5. The maximum atomic E-state index is 10.6. The second kappa shape index (κ2) is 25.4. The number of carbonyl (C=O) groups is 2. The van der Waals surface area contributed by atoms with E-state index in [2.05, 4.69) is 5.32 Å². The predicted octanol–water partition coefficient (Wildman–Crippen LogP) is -11.2. The van der Waals surface area contributed by atoms with Crippen molar-refractivity contribution < 1.29 is 129 Å². The van der Waals surface area contributed by atoms with Crippen LogP contribution in [0.1, 0.15) is 25.7 Å². The van der Waals surface area contributed by atoms with E-state index < -0.39 is 30.3 Å². The van der Waals surface area contributed by atoms with Gasteiger partial charge in [0.15, 0.2) is 0 Å². The average Bonchev–Trinajstić information content (AvgIpc) is 2.30. The van der Waals surface area contributed by atoms with Crippen molar-refractivity contribution in [3.63, 3.8) is 0 Å². The van der Waals surface area contributed by atoms with Crippen LogP contribution in [0.2, 0.25) is 0 Å². The normalized spacial score (nSPS) is 10.6. The number of carbonyl (C=O) groups excluding carboxylic acids is 3. The summed E-state index contributed by atoms with van der Waals surface area (Å²) in [6.45, 7) is 0.211. The number of aliphatic carboxylic acids is 2. The molecule has 0 amide bonds. The number of nitrogens with one attached hydrogen (secondary N) is 1. The van der Waals surface area contributed by atoms with Crippen molar-refractivity contribution in [2.75, 3.05) is 6.54 Å². The van der Waals surface area contributed by atoms with E-state index in [0.717, 1.165) is 0 Å². The maximum absolute atomic E-state index is 10.6. The first-order valence-electron chi connectivity index (χ1n) is 5.40. The van der Waals surface area contributed by atoms with Crippen molar-refractivity contribution in [1.82, 2.24) is 5.32 Å². The first kappa shape index (κ1) is 39.3. The molecule has 0 unspecified atom stereocenters. The van der Waals surface area contributed by atoms with Crippen LogP contribution in [0.25, 0.3) is 0 Å². The summed E-state index contributed by atoms with van der Waals surface area (Å²) in [6, 6.07) is -1.27. The first-order valence-corrected chi connectivity index (χ1v) is 5.40. The van der Waals surface area contributed by atoms with Crippen molar-refractivity contribution >= 4 is 24.5 Å². The van der Waals surface area contributed by atoms with Gasteiger partial charge >= 0.3 is 94.6 Å². The summed E-state index contributed by atoms with van der Waals surface area (Å²) < 4.78 is 0. The Morgan fingerprint density at radius 3 is 2.00 bits per heavy atom. The first-order chi connectivity index (χ1) is 8.51. The van der Waals surface area contributed by atoms with E-state index in [-0.39, 0.29) is 113 Å². The minimum absolute atomic E-state index is 0. The molecule has 0 bridgehead atoms. The summed E-state index contributed by atoms with van der Waals surface area (Å²) in [4.78, 5) is 41.4. The van der Waals surface area contributed by atoms with Gasteiger partial charge in [-0.15, -0.1) is 0 Å². The van der Waals surface area contributed by atoms with Gasteiger partial charge in [0.05, 0.1) is 18.4 Å². The fourth-order valence-electron chi connectivity index (χ4n) is 1.34. The molecule has 2 atom stereocenters. The summed E-state index contributed by atoms with van der Waals surface area (Å²) in [6.07, 6.45) is 3.45. The van der Waals surface area contributed by atoms with Crippen molar-refractivity contribution in [1.29, 1.82) is 0 Å². The molecule has 118 valence electrons. The third-order valence-corrected chi connectivity index (χ3v) is 2.28. The fraction of sp³-hybridized carbons (Fsp3) is 0.636. The summed E-state index contributed by atoms with van der Waals surface area (Å²) in [7, 11) is 0. The Balaban J connectivity index is -0.000000144. The minimum atomic E-state index is -1.49. The fourth-order valence-corrected chi connectivity index (χ4v) is 1.34. The average molecular weight is 359 g/mol. The number of carboxylic acid groups (broad SMARTS) is 2. The van der Waals surface area contributed by atoms with E-state index in [0.29, 0.717) is 12.8 Å². The molecule has 0 heterocycles. The molecule has 0 radical (unpaired) electrons. The van der Waals surface area contributed by atoms with Gasteiger partial charge in [-0.1, -0.05) is 6.42 Å². The minimum Gasteiger partial charge on any atom is -0.870 e. The standard InChI is InChI=1S/C11H15NO6.3Na.2H2O/c13-5-3-8(7-14)2-1-4-12-9(11(17)18)6-10(15)16;;;;;/h8-9,12H,1-4,6H2,(H,15,16)(H,17,18);;;;2*1H2/q-2;3*+1;;/p-3/t8-,9-;;;;;/m0...../s1. The Morgan fingerprint density at radius 2 is 1.65 bits per heavy atom. The van der Waals surface area contributed by atoms with E-state index in [1.165, 1.54) is 0 Å². The van der Waals surface area contributed by atoms with Gasteiger partial charge in [0.2, 0.25) is 0 Å². The van der Waals surface area contributed by atoms with Crippen LogP contribution in [-0.2, 0) is 19.2 Å². The quantitative estimate of drug-likeness (QED) is 0.205. The van der Waals surface area contributed by atoms with Crippen molar-refractivity contribution in [3.8, 4) is 0 Å². The Kier molecular flexibility index (Phi) is 43.4. The summed E-state index contributed by atoms with van der Waals surface area (Å²) in [5.41, 5.74) is 0. The van der Waals surface area contributed by atoms with Crippen LogP contribution in [0, 0.1) is 5.92 Å². The molecule has 9 nitrogen and oxygen atoms in total. The van der Waals surface area contributed by atoms with Gasteiger partial charge in [-0.05, 0) is 13.0 Å². The number of hydrogen-bond donors (Lipinski definition) is 2. The molecule has 0 saturated carbocycles. The zero-order valence-corrected chi connectivity index (χ0v) is 19.6. The monoisotopic (exact) mass is 359 g/mol. The molecular formula is C11H16NNa3O8-2. The smallest absolute Gasteiger partial charge is 0.870 e. The number of hydrogen-bond acceptors (Lipinski definition) is 8. The molecule has 4 N–H and O–H groups in total. The summed E-state index contributed by atoms with van der Waals surface area (Å²) >= 11 is 0. The Bertz CT molecular complexity index is 320. The molecule has 0 aromatic heterocycles. The van der Waals surface area contributed by atoms with Crippen LogP contribution in [-0.4, -0.2) is 53.2 Å². The SMILES string of the molecule is O=[C-]C[C@@H]([C-]=O)CCCN[C@@H](CC(=O)O)C(=O)[O-].[Na+].[Na+].[Na+].[OH-].[OH-]. The van der Waals surface area contributed by atoms with Gasteiger partial charge < -0.3 is 40.9 Å². The van der Waals surface area contributed by atoms with E-state index >= 15 is 0 Å². The van der Waals surface area contributed by atoms with Crippen LogP contribution in [0.15, 0.2) is 0 Å². The van der Waals surface area contributed by atoms with Crippen molar-refractivity contribution in [2.24, 2.45) is 5.92 Å². The van der Waals surface area contributed by atoms with Gasteiger partial charge in [0.1, 0.15) is 0 Å². The van der Waals surface area contributed by atoms with Gasteiger partial charge in [0.25, 0.3) is 0 Å². The molecular weight excluding hydrogens is 343 g/mol. The molecule has 0 aromatic rings. The van der Waals surface area contributed by atoms with Gasteiger partial charge in [0, 0.05) is 0 Å². The van der Waals surface area contributed by atoms with Gasteiger partial charge in [-0.25, -0.2) is 0 Å². The Labute approximate surface area is 200 Å². The second-order valence-electron chi connectivity index (χ2n) is 3.73. The van der Waals surface area contributed by atoms with Gasteiger partial charge in [-0.2, -0.15) is 12.3 Å². The van der Waals surface area contributed by atoms with Crippen molar-refractivity contribution in [3.05, 3.63) is 0 Å². The molecule has 0 saturated heterocycles. The van der Waals surface area contributed by atoms with E-state index in [4.69, 9.17) is 5.11 Å². The third kappa shape index (κ3) is 23.2. The Hall–Kier alpha value is 1.16. The molecule has 0 fully saturated rings. The van der Waals surface area contributed by atoms with E-state index in [1.54, 1.807) is 12.6 Å². The molecule has 0 aromatic carbocycles. The number of rotatable bonds is 11. The van der Waals surface area contributed by atoms with Gasteiger partial charge in [-0.3, -0.25) is 17.4 Å². The van der Waals surface area contributed by atoms with Crippen molar-refractivity contribution in [2.45, 2.75) is 31.7 Å². The summed E-state index contributed by atoms with van der Waals surface area (Å²) in [5.74, 6) is -3.28. The number of carboxylic acids is 2. The van der Waals surface area contributed by atoms with E-state index in [1.807, 2.05) is 0 Å². The zero-order chi connectivity index (χ0) is 14.0. The maximum Gasteiger partial charge on any atom is 1.00 e. The largest absolute Gasteiger partial charge is 1.00 e. The van der Waals surface area contributed by atoms with E-state index in [9.17, 15) is 24.3 Å². The van der Waals surface area contributed by atoms with Crippen LogP contribution < -0.4 is 99.1 Å². The topological polar surface area (TPSA) is 184 Å². The third-order valence-electron chi connectivity index (χ3n) is 2.28. The molecule has 23 heavy (non-hydrogen) atoms. The van der Waals surface area contributed by atoms with Crippen LogP contribution >= 0.6 is 0 Å². The second-order valence-corrected chi connectivity index (χ2v) is 3.73.